The molecular formula is C8H10N4O2. The van der Waals surface area contributed by atoms with Crippen LogP contribution in [0.2, 0.25) is 0 Å². The van der Waals surface area contributed by atoms with Gasteiger partial charge in [-0.15, -0.1) is 0 Å². The molecular weight excluding hydrogens is 184 g/mol. The van der Waals surface area contributed by atoms with Gasteiger partial charge >= 0.3 is 5.69 Å². The second kappa shape index (κ2) is 3.13. The van der Waals surface area contributed by atoms with Crippen molar-refractivity contribution in [1.29, 1.82) is 0 Å². The largest absolute Gasteiger partial charge is 0.327 e. The zero-order valence-corrected chi connectivity index (χ0v) is 7.70. The maximum absolute atomic E-state index is 11.3. The molecule has 0 unspecified atom stereocenters. The van der Waals surface area contributed by atoms with Crippen molar-refractivity contribution in [2.24, 2.45) is 0 Å². The molecule has 2 rings (SSSR count). The monoisotopic (exact) mass is 194 g/mol. The van der Waals surface area contributed by atoms with Crippen LogP contribution in [0.4, 0.5) is 0 Å². The fourth-order valence-corrected chi connectivity index (χ4v) is 1.37. The van der Waals surface area contributed by atoms with Crippen LogP contribution in [0.3, 0.4) is 0 Å². The average molecular weight is 194 g/mol. The molecule has 0 amide bonds. The molecule has 0 bridgehead atoms. The van der Waals surface area contributed by atoms with Crippen LogP contribution in [0.1, 0.15) is 13.3 Å². The number of aromatic amines is 2. The van der Waals surface area contributed by atoms with Gasteiger partial charge in [0.15, 0.2) is 0 Å². The number of aromatic nitrogens is 4. The Hall–Kier alpha value is -1.85. The first kappa shape index (κ1) is 8.74. The highest BCUT2D eigenvalue weighted by molar-refractivity contribution is 5.72. The van der Waals surface area contributed by atoms with Crippen molar-refractivity contribution in [1.82, 2.24) is 19.7 Å². The molecule has 2 N–H and O–H groups in total. The van der Waals surface area contributed by atoms with Crippen LogP contribution in [0, 0.1) is 0 Å². The molecule has 0 aliphatic rings. The van der Waals surface area contributed by atoms with Crippen molar-refractivity contribution >= 4 is 11.0 Å². The molecule has 0 atom stereocenters. The summed E-state index contributed by atoms with van der Waals surface area (Å²) in [7, 11) is 0. The van der Waals surface area contributed by atoms with E-state index in [1.165, 1.54) is 6.20 Å². The maximum atomic E-state index is 11.3. The Kier molecular flexibility index (Phi) is 1.95. The number of nitrogens with one attached hydrogen (secondary N) is 2. The van der Waals surface area contributed by atoms with Gasteiger partial charge in [0.2, 0.25) is 0 Å². The van der Waals surface area contributed by atoms with Crippen LogP contribution in [-0.2, 0) is 6.54 Å². The number of nitrogens with zero attached hydrogens (tertiary/aromatic N) is 2. The number of H-pyrrole nitrogens is 2. The number of hydrogen-bond donors (Lipinski definition) is 2. The summed E-state index contributed by atoms with van der Waals surface area (Å²) in [6, 6.07) is 0. The summed E-state index contributed by atoms with van der Waals surface area (Å²) < 4.78 is 1.62. The van der Waals surface area contributed by atoms with Crippen molar-refractivity contribution in [2.45, 2.75) is 19.9 Å². The predicted molar refractivity (Wildman–Crippen MR) is 51.3 cm³/mol. The molecule has 0 spiro atoms. The highest BCUT2D eigenvalue weighted by atomic mass is 16.2. The SMILES string of the molecule is CCCn1ncc2c(=O)[nH]c(=O)[nH]c21. The van der Waals surface area contributed by atoms with Gasteiger partial charge in [-0.05, 0) is 6.42 Å². The molecule has 0 radical (unpaired) electrons. The van der Waals surface area contributed by atoms with E-state index in [1.807, 2.05) is 6.92 Å². The van der Waals surface area contributed by atoms with E-state index in [4.69, 9.17) is 0 Å². The van der Waals surface area contributed by atoms with E-state index in [0.717, 1.165) is 6.42 Å². The molecule has 6 nitrogen and oxygen atoms in total. The van der Waals surface area contributed by atoms with Crippen LogP contribution < -0.4 is 11.2 Å². The Morgan fingerprint density at radius 3 is 2.93 bits per heavy atom. The number of aryl methyl sites for hydroxylation is 1. The van der Waals surface area contributed by atoms with E-state index in [9.17, 15) is 9.59 Å². The van der Waals surface area contributed by atoms with Crippen LogP contribution in [0.25, 0.3) is 11.0 Å². The summed E-state index contributed by atoms with van der Waals surface area (Å²) in [6.07, 6.45) is 2.35. The van der Waals surface area contributed by atoms with E-state index >= 15 is 0 Å². The molecule has 0 saturated carbocycles. The summed E-state index contributed by atoms with van der Waals surface area (Å²) in [5.41, 5.74) is -0.410. The molecule has 0 aliphatic carbocycles. The Bertz CT molecular complexity index is 562. The standard InChI is InChI=1S/C8H10N4O2/c1-2-3-12-6-5(4-9-12)7(13)11-8(14)10-6/h4H,2-3H2,1H3,(H2,10,11,13,14). The number of fused-ring (bicyclic) bond motifs is 1. The van der Waals surface area contributed by atoms with E-state index < -0.39 is 11.2 Å². The summed E-state index contributed by atoms with van der Waals surface area (Å²) in [5.74, 6) is 0. The van der Waals surface area contributed by atoms with Crippen molar-refractivity contribution in [2.75, 3.05) is 0 Å². The fourth-order valence-electron chi connectivity index (χ4n) is 1.37. The Morgan fingerprint density at radius 1 is 1.43 bits per heavy atom. The predicted octanol–water partition coefficient (Wildman–Crippen LogP) is -0.177. The van der Waals surface area contributed by atoms with Gasteiger partial charge in [0.05, 0.1) is 6.20 Å². The number of rotatable bonds is 2. The van der Waals surface area contributed by atoms with E-state index in [1.54, 1.807) is 4.68 Å². The molecule has 0 aromatic carbocycles. The first-order valence-corrected chi connectivity index (χ1v) is 4.40. The van der Waals surface area contributed by atoms with Gasteiger partial charge in [-0.2, -0.15) is 5.10 Å². The minimum Gasteiger partial charge on any atom is -0.292 e. The average Bonchev–Trinajstić information content (AvgIpc) is 2.49. The van der Waals surface area contributed by atoms with Gasteiger partial charge < -0.3 is 0 Å². The highest BCUT2D eigenvalue weighted by Gasteiger charge is 2.06. The lowest BCUT2D eigenvalue weighted by molar-refractivity contribution is 0.616. The van der Waals surface area contributed by atoms with Gasteiger partial charge in [0.1, 0.15) is 11.0 Å². The Balaban J connectivity index is 2.79. The zero-order chi connectivity index (χ0) is 10.1. The lowest BCUT2D eigenvalue weighted by Gasteiger charge is -1.98. The summed E-state index contributed by atoms with van der Waals surface area (Å²) in [4.78, 5) is 27.0. The lowest BCUT2D eigenvalue weighted by Crippen LogP contribution is -2.22. The van der Waals surface area contributed by atoms with E-state index in [0.29, 0.717) is 17.6 Å². The first-order chi connectivity index (χ1) is 6.72. The summed E-state index contributed by atoms with van der Waals surface area (Å²) >= 11 is 0. The molecule has 2 heterocycles. The second-order valence-corrected chi connectivity index (χ2v) is 3.04. The second-order valence-electron chi connectivity index (χ2n) is 3.04. The van der Waals surface area contributed by atoms with Gasteiger partial charge in [0.25, 0.3) is 5.56 Å². The molecule has 0 fully saturated rings. The molecule has 6 heteroatoms. The van der Waals surface area contributed by atoms with Crippen LogP contribution >= 0.6 is 0 Å². The third-order valence-electron chi connectivity index (χ3n) is 1.98. The minimum absolute atomic E-state index is 0.397. The third kappa shape index (κ3) is 1.24. The normalized spacial score (nSPS) is 10.9. The molecule has 74 valence electrons. The van der Waals surface area contributed by atoms with E-state index in [2.05, 4.69) is 15.1 Å². The van der Waals surface area contributed by atoms with Crippen LogP contribution in [0.15, 0.2) is 15.8 Å². The quantitative estimate of drug-likeness (QED) is 0.695. The van der Waals surface area contributed by atoms with Crippen molar-refractivity contribution in [3.8, 4) is 0 Å². The lowest BCUT2D eigenvalue weighted by atomic mass is 10.4. The first-order valence-electron chi connectivity index (χ1n) is 4.40. The number of hydrogen-bond acceptors (Lipinski definition) is 3. The highest BCUT2D eigenvalue weighted by Crippen LogP contribution is 2.03. The molecule has 14 heavy (non-hydrogen) atoms. The molecule has 0 aliphatic heterocycles. The van der Waals surface area contributed by atoms with Crippen molar-refractivity contribution < 1.29 is 0 Å². The summed E-state index contributed by atoms with van der Waals surface area (Å²) in [6.45, 7) is 2.68. The zero-order valence-electron chi connectivity index (χ0n) is 7.70. The van der Waals surface area contributed by atoms with Gasteiger partial charge in [-0.25, -0.2) is 9.48 Å². The van der Waals surface area contributed by atoms with Gasteiger partial charge in [-0.3, -0.25) is 14.8 Å². The summed E-state index contributed by atoms with van der Waals surface area (Å²) in [5, 5.41) is 4.43. The maximum Gasteiger partial charge on any atom is 0.327 e. The minimum atomic E-state index is -0.500. The van der Waals surface area contributed by atoms with Crippen molar-refractivity contribution in [3.05, 3.63) is 27.0 Å². The topological polar surface area (TPSA) is 83.5 Å². The smallest absolute Gasteiger partial charge is 0.292 e. The third-order valence-corrected chi connectivity index (χ3v) is 1.98. The van der Waals surface area contributed by atoms with Crippen molar-refractivity contribution in [3.63, 3.8) is 0 Å². The molecule has 0 saturated heterocycles. The molecule has 2 aromatic heterocycles. The van der Waals surface area contributed by atoms with Gasteiger partial charge in [0, 0.05) is 6.54 Å². The van der Waals surface area contributed by atoms with Gasteiger partial charge in [-0.1, -0.05) is 6.92 Å². The van der Waals surface area contributed by atoms with E-state index in [-0.39, 0.29) is 0 Å². The Labute approximate surface area is 78.6 Å². The Morgan fingerprint density at radius 2 is 2.21 bits per heavy atom. The van der Waals surface area contributed by atoms with Crippen LogP contribution in [-0.4, -0.2) is 19.7 Å². The van der Waals surface area contributed by atoms with Crippen LogP contribution in [0.5, 0.6) is 0 Å². The molecule has 2 aromatic rings. The fraction of sp³-hybridized carbons (Fsp3) is 0.375.